The van der Waals surface area contributed by atoms with Gasteiger partial charge in [0.05, 0.1) is 5.56 Å². The fraction of sp³-hybridized carbons (Fsp3) is 0.294. The maximum atomic E-state index is 10.9. The number of carboxylic acids is 1. The molecule has 1 aliphatic rings. The van der Waals surface area contributed by atoms with Crippen molar-refractivity contribution in [3.63, 3.8) is 0 Å². The molecule has 1 unspecified atom stereocenters. The summed E-state index contributed by atoms with van der Waals surface area (Å²) in [6.45, 7) is 0.951. The molecule has 108 valence electrons. The van der Waals surface area contributed by atoms with Gasteiger partial charge in [0, 0.05) is 23.9 Å². The average Bonchev–Trinajstić information content (AvgIpc) is 2.56. The van der Waals surface area contributed by atoms with Crippen LogP contribution in [0.2, 0.25) is 0 Å². The average molecular weight is 282 g/mol. The predicted octanol–water partition coefficient (Wildman–Crippen LogP) is 2.99. The van der Waals surface area contributed by atoms with E-state index in [1.54, 1.807) is 12.1 Å². The van der Waals surface area contributed by atoms with Gasteiger partial charge in [0.15, 0.2) is 0 Å². The second-order valence-corrected chi connectivity index (χ2v) is 5.41. The number of hydrogen-bond donors (Lipinski definition) is 2. The highest BCUT2D eigenvalue weighted by Crippen LogP contribution is 2.33. The minimum atomic E-state index is -0.885. The first kappa shape index (κ1) is 13.8. The molecule has 4 heteroatoms. The number of pyridine rings is 1. The van der Waals surface area contributed by atoms with Gasteiger partial charge in [-0.05, 0) is 49.2 Å². The van der Waals surface area contributed by atoms with Gasteiger partial charge in [-0.1, -0.05) is 18.2 Å². The summed E-state index contributed by atoms with van der Waals surface area (Å²) < 4.78 is 0. The standard InChI is InChI=1S/C17H18N2O2/c20-17(21)13-6-4-12(5-7-13)16-11-14(8-10-19-16)15-3-1-2-9-18-15/h1-7,9,14,16,19H,8,10-11H2,(H,20,21)/t14?,16-/m0/s1. The van der Waals surface area contributed by atoms with E-state index in [0.29, 0.717) is 11.5 Å². The van der Waals surface area contributed by atoms with E-state index in [4.69, 9.17) is 5.11 Å². The number of nitrogens with zero attached hydrogens (tertiary/aromatic N) is 1. The smallest absolute Gasteiger partial charge is 0.335 e. The molecule has 1 fully saturated rings. The number of benzene rings is 1. The number of nitrogens with one attached hydrogen (secondary N) is 1. The molecule has 2 N–H and O–H groups in total. The van der Waals surface area contributed by atoms with Crippen LogP contribution in [0.25, 0.3) is 0 Å². The fourth-order valence-electron chi connectivity index (χ4n) is 2.92. The highest BCUT2D eigenvalue weighted by Gasteiger charge is 2.24. The topological polar surface area (TPSA) is 62.2 Å². The van der Waals surface area contributed by atoms with Crippen molar-refractivity contribution in [3.05, 3.63) is 65.5 Å². The third-order valence-corrected chi connectivity index (χ3v) is 4.07. The number of aromatic nitrogens is 1. The van der Waals surface area contributed by atoms with Gasteiger partial charge in [-0.25, -0.2) is 4.79 Å². The van der Waals surface area contributed by atoms with Crippen LogP contribution in [0, 0.1) is 0 Å². The van der Waals surface area contributed by atoms with E-state index in [1.807, 2.05) is 30.5 Å². The summed E-state index contributed by atoms with van der Waals surface area (Å²) in [4.78, 5) is 15.4. The first-order chi connectivity index (χ1) is 10.2. The summed E-state index contributed by atoms with van der Waals surface area (Å²) >= 11 is 0. The molecule has 0 spiro atoms. The van der Waals surface area contributed by atoms with Gasteiger partial charge in [-0.2, -0.15) is 0 Å². The Hall–Kier alpha value is -2.20. The summed E-state index contributed by atoms with van der Waals surface area (Å²) in [5.74, 6) is -0.430. The second-order valence-electron chi connectivity index (χ2n) is 5.41. The summed E-state index contributed by atoms with van der Waals surface area (Å²) in [7, 11) is 0. The van der Waals surface area contributed by atoms with Crippen LogP contribution in [0.1, 0.15) is 46.4 Å². The molecule has 21 heavy (non-hydrogen) atoms. The number of rotatable bonds is 3. The van der Waals surface area contributed by atoms with Crippen molar-refractivity contribution >= 4 is 5.97 Å². The number of piperidine rings is 1. The molecule has 0 amide bonds. The summed E-state index contributed by atoms with van der Waals surface area (Å²) in [5.41, 5.74) is 2.61. The highest BCUT2D eigenvalue weighted by atomic mass is 16.4. The molecule has 0 bridgehead atoms. The van der Waals surface area contributed by atoms with Crippen molar-refractivity contribution < 1.29 is 9.90 Å². The summed E-state index contributed by atoms with van der Waals surface area (Å²) in [6.07, 6.45) is 3.91. The van der Waals surface area contributed by atoms with Crippen molar-refractivity contribution in [2.75, 3.05) is 6.54 Å². The lowest BCUT2D eigenvalue weighted by atomic mass is 9.86. The molecule has 2 atom stereocenters. The van der Waals surface area contributed by atoms with E-state index in [2.05, 4.69) is 16.4 Å². The van der Waals surface area contributed by atoms with E-state index >= 15 is 0 Å². The van der Waals surface area contributed by atoms with Gasteiger partial charge in [0.25, 0.3) is 0 Å². The Kier molecular flexibility index (Phi) is 3.97. The Balaban J connectivity index is 1.75. The van der Waals surface area contributed by atoms with E-state index in [1.165, 1.54) is 0 Å². The number of carboxylic acid groups (broad SMARTS) is 1. The quantitative estimate of drug-likeness (QED) is 0.908. The van der Waals surface area contributed by atoms with Crippen LogP contribution in [0.4, 0.5) is 0 Å². The molecule has 2 aromatic rings. The van der Waals surface area contributed by atoms with Gasteiger partial charge >= 0.3 is 5.97 Å². The second kappa shape index (κ2) is 6.06. The minimum Gasteiger partial charge on any atom is -0.478 e. The molecule has 3 rings (SSSR count). The predicted molar refractivity (Wildman–Crippen MR) is 80.4 cm³/mol. The monoisotopic (exact) mass is 282 g/mol. The Morgan fingerprint density at radius 2 is 2.00 bits per heavy atom. The Morgan fingerprint density at radius 3 is 2.67 bits per heavy atom. The lowest BCUT2D eigenvalue weighted by Gasteiger charge is -2.30. The van der Waals surface area contributed by atoms with E-state index in [-0.39, 0.29) is 6.04 Å². The van der Waals surface area contributed by atoms with Crippen molar-refractivity contribution in [3.8, 4) is 0 Å². The minimum absolute atomic E-state index is 0.258. The van der Waals surface area contributed by atoms with Gasteiger partial charge in [0.2, 0.25) is 0 Å². The number of carbonyl (C=O) groups is 1. The SMILES string of the molecule is O=C(O)c1ccc([C@@H]2CC(c3ccccn3)CCN2)cc1. The zero-order chi connectivity index (χ0) is 14.7. The number of hydrogen-bond acceptors (Lipinski definition) is 3. The third-order valence-electron chi connectivity index (χ3n) is 4.07. The molecular formula is C17H18N2O2. The van der Waals surface area contributed by atoms with Crippen LogP contribution in [-0.4, -0.2) is 22.6 Å². The van der Waals surface area contributed by atoms with Crippen molar-refractivity contribution in [2.45, 2.75) is 24.8 Å². The zero-order valence-corrected chi connectivity index (χ0v) is 11.7. The van der Waals surface area contributed by atoms with Gasteiger partial charge in [0.1, 0.15) is 0 Å². The van der Waals surface area contributed by atoms with Crippen LogP contribution in [0.3, 0.4) is 0 Å². The molecule has 0 aliphatic carbocycles. The van der Waals surface area contributed by atoms with Gasteiger partial charge in [-0.15, -0.1) is 0 Å². The fourth-order valence-corrected chi connectivity index (χ4v) is 2.92. The lowest BCUT2D eigenvalue weighted by molar-refractivity contribution is 0.0697. The van der Waals surface area contributed by atoms with E-state index in [9.17, 15) is 4.79 Å². The Morgan fingerprint density at radius 1 is 1.19 bits per heavy atom. The zero-order valence-electron chi connectivity index (χ0n) is 11.7. The van der Waals surface area contributed by atoms with Crippen LogP contribution < -0.4 is 5.32 Å². The van der Waals surface area contributed by atoms with Crippen molar-refractivity contribution in [2.24, 2.45) is 0 Å². The molecule has 1 aromatic carbocycles. The maximum absolute atomic E-state index is 10.9. The third kappa shape index (κ3) is 3.11. The molecule has 1 aromatic heterocycles. The first-order valence-electron chi connectivity index (χ1n) is 7.21. The normalized spacial score (nSPS) is 21.9. The molecule has 1 saturated heterocycles. The highest BCUT2D eigenvalue weighted by molar-refractivity contribution is 5.87. The Labute approximate surface area is 123 Å². The van der Waals surface area contributed by atoms with Crippen LogP contribution in [-0.2, 0) is 0 Å². The Bertz CT molecular complexity index is 610. The van der Waals surface area contributed by atoms with Crippen molar-refractivity contribution in [1.29, 1.82) is 0 Å². The summed E-state index contributed by atoms with van der Waals surface area (Å²) in [6, 6.07) is 13.5. The van der Waals surface area contributed by atoms with Crippen LogP contribution >= 0.6 is 0 Å². The van der Waals surface area contributed by atoms with Crippen molar-refractivity contribution in [1.82, 2.24) is 10.3 Å². The molecule has 4 nitrogen and oxygen atoms in total. The van der Waals surface area contributed by atoms with Crippen LogP contribution in [0.5, 0.6) is 0 Å². The lowest BCUT2D eigenvalue weighted by Crippen LogP contribution is -2.31. The largest absolute Gasteiger partial charge is 0.478 e. The molecule has 0 saturated carbocycles. The summed E-state index contributed by atoms with van der Waals surface area (Å²) in [5, 5.41) is 12.5. The molecular weight excluding hydrogens is 264 g/mol. The molecule has 0 radical (unpaired) electrons. The molecule has 2 heterocycles. The maximum Gasteiger partial charge on any atom is 0.335 e. The van der Waals surface area contributed by atoms with Crippen LogP contribution in [0.15, 0.2) is 48.7 Å². The number of aromatic carboxylic acids is 1. The molecule has 1 aliphatic heterocycles. The first-order valence-corrected chi connectivity index (χ1v) is 7.21. The van der Waals surface area contributed by atoms with E-state index < -0.39 is 5.97 Å². The van der Waals surface area contributed by atoms with Gasteiger partial charge < -0.3 is 10.4 Å². The van der Waals surface area contributed by atoms with E-state index in [0.717, 1.165) is 30.6 Å². The van der Waals surface area contributed by atoms with Gasteiger partial charge in [-0.3, -0.25) is 4.98 Å².